The van der Waals surface area contributed by atoms with Gasteiger partial charge in [0, 0.05) is 31.7 Å². The van der Waals surface area contributed by atoms with Crippen LogP contribution >= 0.6 is 0 Å². The lowest BCUT2D eigenvalue weighted by Crippen LogP contribution is -2.40. The maximum atomic E-state index is 12.7. The second-order valence-corrected chi connectivity index (χ2v) is 15.2. The molecular formula is C45H67NO10. The zero-order valence-corrected chi connectivity index (χ0v) is 34.3. The molecule has 0 saturated heterocycles. The molecule has 312 valence electrons. The minimum atomic E-state index is -0.917. The third kappa shape index (κ3) is 18.7. The number of nitrogens with zero attached hydrogens (tertiary/aromatic N) is 1. The van der Waals surface area contributed by atoms with Gasteiger partial charge in [0.1, 0.15) is 30.4 Å². The van der Waals surface area contributed by atoms with Gasteiger partial charge in [-0.2, -0.15) is 0 Å². The molecular weight excluding hydrogens is 714 g/mol. The van der Waals surface area contributed by atoms with Gasteiger partial charge in [0.05, 0.1) is 11.6 Å². The van der Waals surface area contributed by atoms with E-state index in [0.29, 0.717) is 23.6 Å². The van der Waals surface area contributed by atoms with Crippen LogP contribution in [-0.2, 0) is 38.2 Å². The Hall–Kier alpha value is -4.02. The number of ketones is 1. The molecule has 1 aromatic carbocycles. The molecule has 0 radical (unpaired) electrons. The van der Waals surface area contributed by atoms with E-state index in [0.717, 1.165) is 38.5 Å². The van der Waals surface area contributed by atoms with Crippen LogP contribution in [0.1, 0.15) is 168 Å². The number of allylic oxidation sites excluding steroid dienone is 1. The highest BCUT2D eigenvalue weighted by Gasteiger charge is 2.34. The first-order valence-corrected chi connectivity index (χ1v) is 21.5. The van der Waals surface area contributed by atoms with Crippen molar-refractivity contribution in [2.45, 2.75) is 181 Å². The van der Waals surface area contributed by atoms with Crippen LogP contribution in [-0.4, -0.2) is 60.8 Å². The van der Waals surface area contributed by atoms with Crippen LogP contribution in [0.4, 0.5) is 5.69 Å². The van der Waals surface area contributed by atoms with Gasteiger partial charge in [-0.05, 0) is 43.5 Å². The largest absolute Gasteiger partial charge is 0.481 e. The molecule has 0 saturated carbocycles. The maximum Gasteiger partial charge on any atom is 0.311 e. The van der Waals surface area contributed by atoms with Gasteiger partial charge in [-0.1, -0.05) is 124 Å². The number of unbranched alkanes of at least 4 members (excludes halogenated alkanes) is 16. The Balaban J connectivity index is 1.38. The van der Waals surface area contributed by atoms with Crippen LogP contribution in [0.3, 0.4) is 0 Å². The van der Waals surface area contributed by atoms with E-state index in [2.05, 4.69) is 18.8 Å². The third-order valence-corrected chi connectivity index (χ3v) is 10.2. The number of rotatable bonds is 30. The van der Waals surface area contributed by atoms with Gasteiger partial charge in [-0.15, -0.1) is 0 Å². The number of esters is 4. The Morgan fingerprint density at radius 3 is 1.71 bits per heavy atom. The lowest BCUT2D eigenvalue weighted by molar-refractivity contribution is -0.167. The molecule has 3 atom stereocenters. The molecule has 0 fully saturated rings. The predicted octanol–water partition coefficient (Wildman–Crippen LogP) is 10.2. The zero-order valence-electron chi connectivity index (χ0n) is 34.3. The van der Waals surface area contributed by atoms with Crippen LogP contribution in [0, 0.1) is 5.92 Å². The number of ether oxygens (including phenoxy) is 5. The molecule has 0 bridgehead atoms. The van der Waals surface area contributed by atoms with Crippen molar-refractivity contribution in [3.8, 4) is 11.5 Å². The number of benzene rings is 1. The minimum absolute atomic E-state index is 0.0394. The van der Waals surface area contributed by atoms with E-state index in [-0.39, 0.29) is 68.7 Å². The van der Waals surface area contributed by atoms with Gasteiger partial charge in [-0.3, -0.25) is 24.0 Å². The van der Waals surface area contributed by atoms with Crippen molar-refractivity contribution < 1.29 is 47.7 Å². The van der Waals surface area contributed by atoms with Crippen LogP contribution in [0.2, 0.25) is 0 Å². The topological polar surface area (TPSA) is 144 Å². The number of carbonyl (C=O) groups excluding carboxylic acids is 5. The minimum Gasteiger partial charge on any atom is -0.481 e. The standard InChI is InChI=1S/C45H67NO10/c1-4-6-8-10-12-14-16-18-20-23-41(48)52-32-36(55-43(50)24-21-19-17-15-13-11-9-7-5-2)33-53-42(49)25-22-26-44(51)54-35-27-28-37-40(31-35)56-45-34(3)39(47)30-29-38(45)46-37/h27-31,34,36,45H,4-26,32-33H2,1-3H3/t34?,36-,45?/m0/s1. The highest BCUT2D eigenvalue weighted by atomic mass is 16.6. The van der Waals surface area contributed by atoms with E-state index in [1.165, 1.54) is 76.7 Å². The Labute approximate surface area is 334 Å². The number of hydrogen-bond acceptors (Lipinski definition) is 11. The second kappa shape index (κ2) is 27.6. The molecule has 0 spiro atoms. The number of fused-ring (bicyclic) bond motifs is 2. The van der Waals surface area contributed by atoms with Crippen molar-refractivity contribution >= 4 is 41.1 Å². The fourth-order valence-electron chi connectivity index (χ4n) is 6.70. The van der Waals surface area contributed by atoms with Crippen molar-refractivity contribution in [1.82, 2.24) is 0 Å². The number of hydrogen-bond donors (Lipinski definition) is 0. The lowest BCUT2D eigenvalue weighted by Gasteiger charge is -2.30. The fraction of sp³-hybridized carbons (Fsp3) is 0.689. The first kappa shape index (κ1) is 46.4. The highest BCUT2D eigenvalue weighted by molar-refractivity contribution is 6.12. The number of carbonyl (C=O) groups is 5. The average molecular weight is 782 g/mol. The molecule has 1 aliphatic heterocycles. The van der Waals surface area contributed by atoms with Crippen LogP contribution in [0.15, 0.2) is 35.3 Å². The predicted molar refractivity (Wildman–Crippen MR) is 216 cm³/mol. The third-order valence-electron chi connectivity index (χ3n) is 10.2. The molecule has 56 heavy (non-hydrogen) atoms. The monoisotopic (exact) mass is 781 g/mol. The molecule has 1 heterocycles. The zero-order chi connectivity index (χ0) is 40.4. The molecule has 2 unspecified atom stereocenters. The summed E-state index contributed by atoms with van der Waals surface area (Å²) in [5.74, 6) is -1.62. The molecule has 11 heteroatoms. The average Bonchev–Trinajstić information content (AvgIpc) is 3.18. The van der Waals surface area contributed by atoms with Crippen molar-refractivity contribution in [3.05, 3.63) is 30.4 Å². The smallest absolute Gasteiger partial charge is 0.311 e. The van der Waals surface area contributed by atoms with Gasteiger partial charge in [0.25, 0.3) is 0 Å². The van der Waals surface area contributed by atoms with Gasteiger partial charge in [0.15, 0.2) is 18.0 Å². The summed E-state index contributed by atoms with van der Waals surface area (Å²) in [5, 5.41) is 0. The van der Waals surface area contributed by atoms with E-state index in [1.54, 1.807) is 31.2 Å². The summed E-state index contributed by atoms with van der Waals surface area (Å²) in [7, 11) is 0. The van der Waals surface area contributed by atoms with Gasteiger partial charge in [-0.25, -0.2) is 4.99 Å². The highest BCUT2D eigenvalue weighted by Crippen LogP contribution is 2.38. The summed E-state index contributed by atoms with van der Waals surface area (Å²) < 4.78 is 28.0. The maximum absolute atomic E-state index is 12.7. The first-order valence-electron chi connectivity index (χ1n) is 21.5. The Kier molecular flexibility index (Phi) is 22.8. The van der Waals surface area contributed by atoms with E-state index in [4.69, 9.17) is 23.7 Å². The molecule has 11 nitrogen and oxygen atoms in total. The summed E-state index contributed by atoms with van der Waals surface area (Å²) in [6, 6.07) is 4.86. The van der Waals surface area contributed by atoms with Gasteiger partial charge >= 0.3 is 23.9 Å². The van der Waals surface area contributed by atoms with Crippen molar-refractivity contribution in [2.75, 3.05) is 13.2 Å². The van der Waals surface area contributed by atoms with Gasteiger partial charge < -0.3 is 23.7 Å². The normalized spacial score (nSPS) is 16.2. The molecule has 3 rings (SSSR count). The lowest BCUT2D eigenvalue weighted by atomic mass is 9.89. The summed E-state index contributed by atoms with van der Waals surface area (Å²) in [6.45, 7) is 5.76. The quantitative estimate of drug-likeness (QED) is 0.0320. The van der Waals surface area contributed by atoms with E-state index in [9.17, 15) is 24.0 Å². The van der Waals surface area contributed by atoms with Crippen molar-refractivity contribution in [1.29, 1.82) is 0 Å². The Morgan fingerprint density at radius 1 is 0.643 bits per heavy atom. The summed E-state index contributed by atoms with van der Waals surface area (Å²) in [5.41, 5.74) is 1.25. The molecule has 2 aliphatic rings. The molecule has 1 aromatic rings. The van der Waals surface area contributed by atoms with E-state index in [1.807, 2.05) is 0 Å². The first-order chi connectivity index (χ1) is 27.2. The van der Waals surface area contributed by atoms with E-state index < -0.39 is 30.1 Å². The second-order valence-electron chi connectivity index (χ2n) is 15.2. The fourth-order valence-corrected chi connectivity index (χ4v) is 6.70. The van der Waals surface area contributed by atoms with Crippen molar-refractivity contribution in [2.24, 2.45) is 10.9 Å². The summed E-state index contributed by atoms with van der Waals surface area (Å²) in [4.78, 5) is 67.1. The molecule has 0 amide bonds. The van der Waals surface area contributed by atoms with Crippen LogP contribution in [0.25, 0.3) is 0 Å². The SMILES string of the molecule is CCCCCCCCCCCC(=O)OC[C@@H](COC(=O)CCCC(=O)Oc1ccc2c(c1)OC1C(=N2)C=CC(=O)C1C)OC(=O)CCCCCCCCCCC. The molecule has 0 N–H and O–H groups in total. The van der Waals surface area contributed by atoms with Crippen LogP contribution < -0.4 is 9.47 Å². The number of aliphatic imine (C=N–C) groups is 1. The van der Waals surface area contributed by atoms with Crippen molar-refractivity contribution in [3.63, 3.8) is 0 Å². The summed E-state index contributed by atoms with van der Waals surface area (Å²) >= 11 is 0. The molecule has 1 aliphatic carbocycles. The Morgan fingerprint density at radius 2 is 1.14 bits per heavy atom. The van der Waals surface area contributed by atoms with Crippen LogP contribution in [0.5, 0.6) is 11.5 Å². The Bertz CT molecular complexity index is 1440. The van der Waals surface area contributed by atoms with E-state index >= 15 is 0 Å². The van der Waals surface area contributed by atoms with Gasteiger partial charge in [0.2, 0.25) is 0 Å². The molecule has 0 aromatic heterocycles. The summed E-state index contributed by atoms with van der Waals surface area (Å²) in [6.07, 6.45) is 22.8.